The lowest BCUT2D eigenvalue weighted by molar-refractivity contribution is 0.145. The SMILES string of the molecule is COCCN(CCC(=N)N)Cc1csc(C)n1. The van der Waals surface area contributed by atoms with Crippen LogP contribution in [0, 0.1) is 12.3 Å². The van der Waals surface area contributed by atoms with Crippen LogP contribution in [0.25, 0.3) is 0 Å². The van der Waals surface area contributed by atoms with Crippen molar-refractivity contribution in [1.29, 1.82) is 5.41 Å². The van der Waals surface area contributed by atoms with Crippen LogP contribution in [0.15, 0.2) is 5.38 Å². The van der Waals surface area contributed by atoms with Gasteiger partial charge in [0.15, 0.2) is 0 Å². The summed E-state index contributed by atoms with van der Waals surface area (Å²) in [5.41, 5.74) is 6.45. The molecule has 0 aliphatic heterocycles. The molecule has 3 N–H and O–H groups in total. The Labute approximate surface area is 106 Å². The molecule has 17 heavy (non-hydrogen) atoms. The van der Waals surface area contributed by atoms with E-state index in [1.165, 1.54) is 0 Å². The Balaban J connectivity index is 2.47. The Morgan fingerprint density at radius 3 is 2.88 bits per heavy atom. The number of nitrogens with one attached hydrogen (secondary N) is 1. The fraction of sp³-hybridized carbons (Fsp3) is 0.636. The molecule has 0 bridgehead atoms. The number of nitrogens with zero attached hydrogens (tertiary/aromatic N) is 2. The Hall–Kier alpha value is -0.980. The first-order valence-corrected chi connectivity index (χ1v) is 6.45. The first kappa shape index (κ1) is 14.1. The van der Waals surface area contributed by atoms with Gasteiger partial charge >= 0.3 is 0 Å². The lowest BCUT2D eigenvalue weighted by atomic mass is 10.3. The molecule has 0 aromatic carbocycles. The van der Waals surface area contributed by atoms with Crippen LogP contribution >= 0.6 is 11.3 Å². The number of thiazole rings is 1. The van der Waals surface area contributed by atoms with E-state index in [-0.39, 0.29) is 5.84 Å². The van der Waals surface area contributed by atoms with E-state index in [2.05, 4.69) is 15.3 Å². The monoisotopic (exact) mass is 256 g/mol. The fourth-order valence-corrected chi connectivity index (χ4v) is 2.08. The quantitative estimate of drug-likeness (QED) is 0.542. The van der Waals surface area contributed by atoms with Crippen LogP contribution in [0.5, 0.6) is 0 Å². The molecule has 1 heterocycles. The average molecular weight is 256 g/mol. The molecule has 0 saturated heterocycles. The molecule has 5 nitrogen and oxygen atoms in total. The highest BCUT2D eigenvalue weighted by Crippen LogP contribution is 2.10. The van der Waals surface area contributed by atoms with Crippen LogP contribution in [0.2, 0.25) is 0 Å². The molecule has 0 saturated carbocycles. The lowest BCUT2D eigenvalue weighted by Crippen LogP contribution is -2.30. The van der Waals surface area contributed by atoms with Crippen molar-refractivity contribution in [3.8, 4) is 0 Å². The molecule has 1 rings (SSSR count). The maximum atomic E-state index is 7.25. The van der Waals surface area contributed by atoms with Crippen molar-refractivity contribution in [3.05, 3.63) is 16.1 Å². The zero-order chi connectivity index (χ0) is 12.7. The fourth-order valence-electron chi connectivity index (χ4n) is 1.48. The van der Waals surface area contributed by atoms with E-state index in [9.17, 15) is 0 Å². The molecule has 0 aliphatic rings. The Morgan fingerprint density at radius 1 is 1.59 bits per heavy atom. The summed E-state index contributed by atoms with van der Waals surface area (Å²) >= 11 is 1.66. The normalized spacial score (nSPS) is 11.0. The summed E-state index contributed by atoms with van der Waals surface area (Å²) in [7, 11) is 1.69. The highest BCUT2D eigenvalue weighted by molar-refractivity contribution is 7.09. The molecule has 0 aliphatic carbocycles. The minimum Gasteiger partial charge on any atom is -0.388 e. The zero-order valence-corrected chi connectivity index (χ0v) is 11.2. The van der Waals surface area contributed by atoms with E-state index in [0.29, 0.717) is 13.0 Å². The topological polar surface area (TPSA) is 75.2 Å². The van der Waals surface area contributed by atoms with E-state index < -0.39 is 0 Å². The second kappa shape index (κ2) is 7.37. The smallest absolute Gasteiger partial charge is 0.0918 e. The van der Waals surface area contributed by atoms with Crippen LogP contribution in [0.1, 0.15) is 17.1 Å². The average Bonchev–Trinajstić information content (AvgIpc) is 2.68. The summed E-state index contributed by atoms with van der Waals surface area (Å²) in [5, 5.41) is 10.4. The van der Waals surface area contributed by atoms with Crippen LogP contribution < -0.4 is 5.73 Å². The van der Waals surface area contributed by atoms with E-state index in [1.807, 2.05) is 6.92 Å². The summed E-state index contributed by atoms with van der Waals surface area (Å²) in [6.07, 6.45) is 0.590. The molecule has 1 aromatic rings. The van der Waals surface area contributed by atoms with Crippen LogP contribution in [0.3, 0.4) is 0 Å². The number of hydrogen-bond acceptors (Lipinski definition) is 5. The predicted octanol–water partition coefficient (Wildman–Crippen LogP) is 1.23. The second-order valence-electron chi connectivity index (χ2n) is 3.90. The lowest BCUT2D eigenvalue weighted by Gasteiger charge is -2.20. The third kappa shape index (κ3) is 5.76. The van der Waals surface area contributed by atoms with Crippen LogP contribution in [-0.4, -0.2) is 42.5 Å². The first-order valence-electron chi connectivity index (χ1n) is 5.57. The van der Waals surface area contributed by atoms with Gasteiger partial charge in [-0.25, -0.2) is 4.98 Å². The van der Waals surface area contributed by atoms with Gasteiger partial charge in [0.05, 0.1) is 23.1 Å². The largest absolute Gasteiger partial charge is 0.388 e. The van der Waals surface area contributed by atoms with Crippen molar-refractivity contribution < 1.29 is 4.74 Å². The van der Waals surface area contributed by atoms with Gasteiger partial charge < -0.3 is 10.5 Å². The Bertz CT molecular complexity index is 353. The highest BCUT2D eigenvalue weighted by atomic mass is 32.1. The van der Waals surface area contributed by atoms with Gasteiger partial charge in [0.1, 0.15) is 0 Å². The number of rotatable bonds is 8. The van der Waals surface area contributed by atoms with Gasteiger partial charge in [-0.05, 0) is 6.92 Å². The molecule has 0 fully saturated rings. The Kier molecular flexibility index (Phi) is 6.10. The maximum absolute atomic E-state index is 7.25. The molecular formula is C11H20N4OS. The van der Waals surface area contributed by atoms with Crippen LogP contribution in [-0.2, 0) is 11.3 Å². The molecule has 0 unspecified atom stereocenters. The minimum absolute atomic E-state index is 0.224. The van der Waals surface area contributed by atoms with Gasteiger partial charge in [0, 0.05) is 38.5 Å². The number of hydrogen-bond donors (Lipinski definition) is 2. The molecule has 0 radical (unpaired) electrons. The van der Waals surface area contributed by atoms with E-state index in [4.69, 9.17) is 15.9 Å². The van der Waals surface area contributed by atoms with Gasteiger partial charge in [0.25, 0.3) is 0 Å². The summed E-state index contributed by atoms with van der Waals surface area (Å²) in [4.78, 5) is 6.64. The second-order valence-corrected chi connectivity index (χ2v) is 4.96. The van der Waals surface area contributed by atoms with E-state index in [0.717, 1.165) is 30.3 Å². The molecule has 0 spiro atoms. The van der Waals surface area contributed by atoms with Crippen molar-refractivity contribution in [2.24, 2.45) is 5.73 Å². The molecular weight excluding hydrogens is 236 g/mol. The summed E-state index contributed by atoms with van der Waals surface area (Å²) in [5.74, 6) is 0.224. The first-order chi connectivity index (χ1) is 8.11. The maximum Gasteiger partial charge on any atom is 0.0918 e. The number of ether oxygens (including phenoxy) is 1. The summed E-state index contributed by atoms with van der Waals surface area (Å²) in [6, 6.07) is 0. The third-order valence-corrected chi connectivity index (χ3v) is 3.18. The number of amidine groups is 1. The van der Waals surface area contributed by atoms with Crippen molar-refractivity contribution in [3.63, 3.8) is 0 Å². The van der Waals surface area contributed by atoms with Crippen molar-refractivity contribution in [2.75, 3.05) is 26.8 Å². The van der Waals surface area contributed by atoms with E-state index in [1.54, 1.807) is 18.4 Å². The summed E-state index contributed by atoms with van der Waals surface area (Å²) in [6.45, 7) is 5.08. The number of aryl methyl sites for hydroxylation is 1. The molecule has 6 heteroatoms. The predicted molar refractivity (Wildman–Crippen MR) is 70.5 cm³/mol. The van der Waals surface area contributed by atoms with Crippen molar-refractivity contribution >= 4 is 17.2 Å². The van der Waals surface area contributed by atoms with Gasteiger partial charge in [-0.15, -0.1) is 11.3 Å². The highest BCUT2D eigenvalue weighted by Gasteiger charge is 2.08. The summed E-state index contributed by atoms with van der Waals surface area (Å²) < 4.78 is 5.08. The zero-order valence-electron chi connectivity index (χ0n) is 10.4. The standard InChI is InChI=1S/C11H20N4OS/c1-9-14-10(8-17-9)7-15(5-6-16-2)4-3-11(12)13/h8H,3-7H2,1-2H3,(H3,12,13). The Morgan fingerprint density at radius 2 is 2.35 bits per heavy atom. The third-order valence-electron chi connectivity index (χ3n) is 2.36. The molecule has 1 aromatic heterocycles. The van der Waals surface area contributed by atoms with Gasteiger partial charge in [-0.1, -0.05) is 0 Å². The van der Waals surface area contributed by atoms with E-state index >= 15 is 0 Å². The van der Waals surface area contributed by atoms with Gasteiger partial charge in [-0.3, -0.25) is 10.3 Å². The van der Waals surface area contributed by atoms with Gasteiger partial charge in [-0.2, -0.15) is 0 Å². The molecule has 96 valence electrons. The molecule has 0 amide bonds. The van der Waals surface area contributed by atoms with Crippen LogP contribution in [0.4, 0.5) is 0 Å². The van der Waals surface area contributed by atoms with Crippen molar-refractivity contribution in [1.82, 2.24) is 9.88 Å². The number of aromatic nitrogens is 1. The number of nitrogens with two attached hydrogens (primary N) is 1. The van der Waals surface area contributed by atoms with Gasteiger partial charge in [0.2, 0.25) is 0 Å². The van der Waals surface area contributed by atoms with Crippen molar-refractivity contribution in [2.45, 2.75) is 19.9 Å². The number of methoxy groups -OCH3 is 1. The molecule has 0 atom stereocenters. The minimum atomic E-state index is 0.224.